The third-order valence-electron chi connectivity index (χ3n) is 1.90. The van der Waals surface area contributed by atoms with E-state index in [1.165, 1.54) is 12.8 Å². The van der Waals surface area contributed by atoms with Crippen LogP contribution in [0.3, 0.4) is 0 Å². The van der Waals surface area contributed by atoms with E-state index in [-0.39, 0.29) is 0 Å². The fourth-order valence-corrected chi connectivity index (χ4v) is 4.86. The number of hydrogen-bond acceptors (Lipinski definition) is 1. The zero-order valence-corrected chi connectivity index (χ0v) is 7.17. The van der Waals surface area contributed by atoms with E-state index in [0.29, 0.717) is 5.88 Å². The molecule has 1 aliphatic heterocycles. The summed E-state index contributed by atoms with van der Waals surface area (Å²) in [6, 6.07) is 0. The first-order valence-corrected chi connectivity index (χ1v) is 6.25. The Morgan fingerprint density at radius 1 is 1.33 bits per heavy atom. The molecule has 0 saturated carbocycles. The van der Waals surface area contributed by atoms with E-state index in [4.69, 9.17) is 11.6 Å². The van der Waals surface area contributed by atoms with Crippen molar-refractivity contribution >= 4 is 19.1 Å². The van der Waals surface area contributed by atoms with Crippen LogP contribution in [0.5, 0.6) is 0 Å². The van der Waals surface area contributed by atoms with Gasteiger partial charge in [-0.2, -0.15) is 0 Å². The van der Waals surface area contributed by atoms with Crippen molar-refractivity contribution in [1.29, 1.82) is 0 Å². The van der Waals surface area contributed by atoms with Crippen LogP contribution in [0, 0.1) is 0 Å². The molecule has 1 fully saturated rings. The van der Waals surface area contributed by atoms with Crippen molar-refractivity contribution < 1.29 is 4.89 Å². The highest BCUT2D eigenvalue weighted by molar-refractivity contribution is 7.70. The van der Waals surface area contributed by atoms with Gasteiger partial charge in [-0.05, 0) is 38.8 Å². The predicted molar refractivity (Wildman–Crippen MR) is 43.7 cm³/mol. The molecule has 3 heteroatoms. The molecule has 1 aliphatic rings. The maximum atomic E-state index is 9.72. The van der Waals surface area contributed by atoms with Gasteiger partial charge in [-0.15, -0.1) is 11.6 Å². The molecule has 0 aliphatic carbocycles. The maximum Gasteiger partial charge on any atom is 0.0280 e. The van der Waals surface area contributed by atoms with E-state index < -0.39 is 7.49 Å². The van der Waals surface area contributed by atoms with Gasteiger partial charge < -0.3 is 4.89 Å². The molecule has 0 aromatic carbocycles. The molecule has 0 spiro atoms. The van der Waals surface area contributed by atoms with Crippen LogP contribution in [0.4, 0.5) is 0 Å². The molecule has 1 rings (SSSR count). The zero-order chi connectivity index (χ0) is 6.74. The highest BCUT2D eigenvalue weighted by Gasteiger charge is 2.27. The summed E-state index contributed by atoms with van der Waals surface area (Å²) in [4.78, 5) is 9.72. The smallest absolute Gasteiger partial charge is 0.0280 e. The highest BCUT2D eigenvalue weighted by Crippen LogP contribution is 2.59. The second-order valence-corrected chi connectivity index (χ2v) is 6.57. The van der Waals surface area contributed by atoms with Crippen molar-refractivity contribution in [3.8, 4) is 0 Å². The Hall–Kier alpha value is 0.680. The zero-order valence-electron chi connectivity index (χ0n) is 5.52. The Labute approximate surface area is 61.8 Å². The normalized spacial score (nSPS) is 24.7. The Balaban J connectivity index is 2.32. The first kappa shape index (κ1) is 7.78. The van der Waals surface area contributed by atoms with Crippen LogP contribution in [-0.2, 0) is 0 Å². The SMILES string of the molecule is O[P]1(CCCl)CCCC1. The molecule has 1 radical (unpaired) electrons. The molecule has 0 bridgehead atoms. The second-order valence-electron chi connectivity index (χ2n) is 2.66. The lowest BCUT2D eigenvalue weighted by atomic mass is 10.4. The van der Waals surface area contributed by atoms with Crippen molar-refractivity contribution in [3.63, 3.8) is 0 Å². The van der Waals surface area contributed by atoms with Gasteiger partial charge in [-0.3, -0.25) is 0 Å². The summed E-state index contributed by atoms with van der Waals surface area (Å²) in [6.45, 7) is 0. The van der Waals surface area contributed by atoms with Gasteiger partial charge in [0.25, 0.3) is 0 Å². The third-order valence-corrected chi connectivity index (χ3v) is 5.71. The van der Waals surface area contributed by atoms with Crippen molar-refractivity contribution in [2.24, 2.45) is 0 Å². The number of rotatable bonds is 2. The number of alkyl halides is 1. The lowest BCUT2D eigenvalue weighted by Crippen LogP contribution is -2.00. The molecule has 0 atom stereocenters. The molecule has 1 saturated heterocycles. The van der Waals surface area contributed by atoms with Crippen LogP contribution in [-0.4, -0.2) is 29.3 Å². The number of hydrogen-bond donors (Lipinski definition) is 1. The summed E-state index contributed by atoms with van der Waals surface area (Å²) >= 11 is 5.54. The summed E-state index contributed by atoms with van der Waals surface area (Å²) in [5.74, 6) is 0.643. The maximum absolute atomic E-state index is 9.72. The van der Waals surface area contributed by atoms with Crippen LogP contribution in [0.25, 0.3) is 0 Å². The van der Waals surface area contributed by atoms with Gasteiger partial charge in [0, 0.05) is 5.88 Å². The van der Waals surface area contributed by atoms with Crippen molar-refractivity contribution in [2.45, 2.75) is 12.8 Å². The fraction of sp³-hybridized carbons (Fsp3) is 1.00. The molecule has 1 heterocycles. The summed E-state index contributed by atoms with van der Waals surface area (Å²) in [6.07, 6.45) is 5.47. The van der Waals surface area contributed by atoms with Crippen molar-refractivity contribution in [3.05, 3.63) is 0 Å². The Kier molecular flexibility index (Phi) is 2.75. The minimum Gasteiger partial charge on any atom is -0.380 e. The van der Waals surface area contributed by atoms with Crippen LogP contribution in [0.15, 0.2) is 0 Å². The van der Waals surface area contributed by atoms with E-state index in [1.54, 1.807) is 0 Å². The molecular weight excluding hydrogens is 154 g/mol. The van der Waals surface area contributed by atoms with Crippen molar-refractivity contribution in [2.75, 3.05) is 24.4 Å². The van der Waals surface area contributed by atoms with Gasteiger partial charge in [0.05, 0.1) is 0 Å². The van der Waals surface area contributed by atoms with Crippen LogP contribution < -0.4 is 0 Å². The minimum atomic E-state index is -1.45. The standard InChI is InChI=1S/C6H13ClOP/c7-3-6-9(8)4-1-2-5-9/h8H,1-6H2. The second kappa shape index (κ2) is 3.18. The minimum absolute atomic E-state index is 0.643. The molecule has 1 N–H and O–H groups in total. The lowest BCUT2D eigenvalue weighted by Gasteiger charge is -2.22. The molecule has 0 aromatic rings. The topological polar surface area (TPSA) is 20.2 Å². The summed E-state index contributed by atoms with van der Waals surface area (Å²) in [7, 11) is -1.45. The fourth-order valence-electron chi connectivity index (χ4n) is 1.30. The van der Waals surface area contributed by atoms with E-state index >= 15 is 0 Å². The molecule has 0 amide bonds. The van der Waals surface area contributed by atoms with Gasteiger partial charge in [0.15, 0.2) is 0 Å². The average Bonchev–Trinajstić information content (AvgIpc) is 2.16. The van der Waals surface area contributed by atoms with Crippen LogP contribution >= 0.6 is 19.1 Å². The Morgan fingerprint density at radius 3 is 2.33 bits per heavy atom. The van der Waals surface area contributed by atoms with E-state index in [1.807, 2.05) is 0 Å². The van der Waals surface area contributed by atoms with Gasteiger partial charge in [0.2, 0.25) is 0 Å². The number of halogens is 1. The molecular formula is C6H13ClOP. The molecule has 0 unspecified atom stereocenters. The van der Waals surface area contributed by atoms with Gasteiger partial charge in [-0.1, -0.05) is 0 Å². The van der Waals surface area contributed by atoms with Gasteiger partial charge in [-0.25, -0.2) is 0 Å². The van der Waals surface area contributed by atoms with E-state index in [2.05, 4.69) is 0 Å². The predicted octanol–water partition coefficient (Wildman–Crippen LogP) is 1.94. The molecule has 1 nitrogen and oxygen atoms in total. The lowest BCUT2D eigenvalue weighted by molar-refractivity contribution is 0.607. The Morgan fingerprint density at radius 2 is 1.89 bits per heavy atom. The summed E-state index contributed by atoms with van der Waals surface area (Å²) in [5.41, 5.74) is 0. The first-order chi connectivity index (χ1) is 4.27. The molecule has 55 valence electrons. The summed E-state index contributed by atoms with van der Waals surface area (Å²) in [5, 5.41) is 0. The third kappa shape index (κ3) is 2.07. The van der Waals surface area contributed by atoms with Crippen LogP contribution in [0.2, 0.25) is 0 Å². The van der Waals surface area contributed by atoms with Crippen LogP contribution in [0.1, 0.15) is 12.8 Å². The van der Waals surface area contributed by atoms with E-state index in [0.717, 1.165) is 18.5 Å². The monoisotopic (exact) mass is 167 g/mol. The molecule has 9 heavy (non-hydrogen) atoms. The summed E-state index contributed by atoms with van der Waals surface area (Å²) < 4.78 is 0. The molecule has 0 aromatic heterocycles. The van der Waals surface area contributed by atoms with Crippen molar-refractivity contribution in [1.82, 2.24) is 0 Å². The average molecular weight is 168 g/mol. The Bertz CT molecular complexity index is 91.1. The quantitative estimate of drug-likeness (QED) is 0.492. The van der Waals surface area contributed by atoms with E-state index in [9.17, 15) is 4.89 Å². The van der Waals surface area contributed by atoms with Gasteiger partial charge >= 0.3 is 0 Å². The first-order valence-electron chi connectivity index (χ1n) is 3.42. The highest BCUT2D eigenvalue weighted by atomic mass is 35.5. The van der Waals surface area contributed by atoms with Gasteiger partial charge in [0.1, 0.15) is 0 Å². The largest absolute Gasteiger partial charge is 0.380 e.